The van der Waals surface area contributed by atoms with Gasteiger partial charge in [0, 0.05) is 12.2 Å². The van der Waals surface area contributed by atoms with E-state index in [0.29, 0.717) is 6.42 Å². The first-order valence-electron chi connectivity index (χ1n) is 10.3. The number of hydrogen-bond acceptors (Lipinski definition) is 6. The minimum atomic E-state index is -1.23. The van der Waals surface area contributed by atoms with Crippen molar-refractivity contribution in [2.24, 2.45) is 5.73 Å². The molecule has 3 amide bonds. The Morgan fingerprint density at radius 1 is 0.818 bits per heavy atom. The van der Waals surface area contributed by atoms with Crippen LogP contribution in [0.3, 0.4) is 0 Å². The number of thiol groups is 1. The molecule has 9 nitrogen and oxygen atoms in total. The lowest BCUT2D eigenvalue weighted by Crippen LogP contribution is -2.55. The third-order valence-electron chi connectivity index (χ3n) is 4.79. The SMILES string of the molecule is NC(Cc1ccccc1)C(=O)NCC(=O)NC(Cc1ccccc1)C(=O)NC(CS)C(=O)O. The summed E-state index contributed by atoms with van der Waals surface area (Å²) in [7, 11) is 0. The van der Waals surface area contributed by atoms with Crippen molar-refractivity contribution in [3.63, 3.8) is 0 Å². The van der Waals surface area contributed by atoms with E-state index in [0.717, 1.165) is 11.1 Å². The van der Waals surface area contributed by atoms with Gasteiger partial charge in [-0.2, -0.15) is 12.6 Å². The van der Waals surface area contributed by atoms with Crippen LogP contribution < -0.4 is 21.7 Å². The van der Waals surface area contributed by atoms with Gasteiger partial charge in [-0.1, -0.05) is 60.7 Å². The smallest absolute Gasteiger partial charge is 0.327 e. The molecule has 2 aromatic carbocycles. The van der Waals surface area contributed by atoms with Gasteiger partial charge in [0.15, 0.2) is 0 Å². The standard InChI is InChI=1S/C23H28N4O5S/c24-17(11-15-7-3-1-4-8-15)21(29)25-13-20(28)26-18(12-16-9-5-2-6-10-16)22(30)27-19(14-33)23(31)32/h1-10,17-19,33H,11-14,24H2,(H,25,29)(H,26,28)(H,27,30)(H,31,32). The summed E-state index contributed by atoms with van der Waals surface area (Å²) in [5, 5.41) is 16.6. The van der Waals surface area contributed by atoms with Crippen molar-refractivity contribution in [1.82, 2.24) is 16.0 Å². The highest BCUT2D eigenvalue weighted by atomic mass is 32.1. The summed E-state index contributed by atoms with van der Waals surface area (Å²) in [6.07, 6.45) is 0.451. The van der Waals surface area contributed by atoms with E-state index >= 15 is 0 Å². The lowest BCUT2D eigenvalue weighted by molar-refractivity contribution is -0.141. The van der Waals surface area contributed by atoms with Crippen molar-refractivity contribution < 1.29 is 24.3 Å². The third-order valence-corrected chi connectivity index (χ3v) is 5.16. The van der Waals surface area contributed by atoms with Crippen LogP contribution in [0.1, 0.15) is 11.1 Å². The average molecular weight is 473 g/mol. The molecule has 176 valence electrons. The number of carboxylic acids is 1. The first-order chi connectivity index (χ1) is 15.8. The average Bonchev–Trinajstić information content (AvgIpc) is 2.81. The van der Waals surface area contributed by atoms with Crippen LogP contribution in [0.4, 0.5) is 0 Å². The molecule has 0 aromatic heterocycles. The maximum atomic E-state index is 12.7. The maximum Gasteiger partial charge on any atom is 0.327 e. The van der Waals surface area contributed by atoms with E-state index in [9.17, 15) is 19.2 Å². The molecular weight excluding hydrogens is 444 g/mol. The van der Waals surface area contributed by atoms with Crippen LogP contribution in [0, 0.1) is 0 Å². The number of hydrogen-bond donors (Lipinski definition) is 6. The summed E-state index contributed by atoms with van der Waals surface area (Å²) in [4.78, 5) is 48.6. The molecule has 0 aliphatic heterocycles. The van der Waals surface area contributed by atoms with E-state index in [2.05, 4.69) is 28.6 Å². The van der Waals surface area contributed by atoms with E-state index in [1.165, 1.54) is 0 Å². The fourth-order valence-corrected chi connectivity index (χ4v) is 3.27. The molecule has 2 aromatic rings. The van der Waals surface area contributed by atoms with Gasteiger partial charge in [0.1, 0.15) is 12.1 Å². The second kappa shape index (κ2) is 13.2. The zero-order chi connectivity index (χ0) is 24.2. The lowest BCUT2D eigenvalue weighted by atomic mass is 10.0. The van der Waals surface area contributed by atoms with Gasteiger partial charge in [0.25, 0.3) is 0 Å². The molecular formula is C23H28N4O5S. The molecule has 10 heteroatoms. The van der Waals surface area contributed by atoms with Gasteiger partial charge in [-0.3, -0.25) is 14.4 Å². The summed E-state index contributed by atoms with van der Waals surface area (Å²) >= 11 is 3.94. The number of benzene rings is 2. The molecule has 0 radical (unpaired) electrons. The normalized spacial score (nSPS) is 13.3. The van der Waals surface area contributed by atoms with E-state index in [-0.39, 0.29) is 18.7 Å². The predicted molar refractivity (Wildman–Crippen MR) is 127 cm³/mol. The van der Waals surface area contributed by atoms with Crippen molar-refractivity contribution >= 4 is 36.3 Å². The molecule has 0 spiro atoms. The number of nitrogens with one attached hydrogen (secondary N) is 3. The van der Waals surface area contributed by atoms with Crippen LogP contribution in [0.2, 0.25) is 0 Å². The number of carboxylic acid groups (broad SMARTS) is 1. The Morgan fingerprint density at radius 2 is 1.36 bits per heavy atom. The summed E-state index contributed by atoms with van der Waals surface area (Å²) in [5.41, 5.74) is 7.57. The molecule has 0 saturated carbocycles. The van der Waals surface area contributed by atoms with Crippen LogP contribution in [0.15, 0.2) is 60.7 Å². The molecule has 0 aliphatic carbocycles. The first kappa shape index (κ1) is 25.9. The van der Waals surface area contributed by atoms with E-state index < -0.39 is 41.8 Å². The van der Waals surface area contributed by atoms with Gasteiger partial charge in [-0.05, 0) is 17.5 Å². The number of rotatable bonds is 12. The monoisotopic (exact) mass is 472 g/mol. The minimum absolute atomic E-state index is 0.109. The van der Waals surface area contributed by atoms with Crippen molar-refractivity contribution in [2.45, 2.75) is 31.0 Å². The number of carbonyl (C=O) groups excluding carboxylic acids is 3. The molecule has 6 N–H and O–H groups in total. The summed E-state index contributed by atoms with van der Waals surface area (Å²) in [6.45, 7) is -0.380. The fourth-order valence-electron chi connectivity index (χ4n) is 3.02. The van der Waals surface area contributed by atoms with Gasteiger partial charge in [-0.25, -0.2) is 4.79 Å². The predicted octanol–water partition coefficient (Wildman–Crippen LogP) is -0.101. The topological polar surface area (TPSA) is 151 Å². The molecule has 3 unspecified atom stereocenters. The second-order valence-corrected chi connectivity index (χ2v) is 7.77. The molecule has 33 heavy (non-hydrogen) atoms. The molecule has 0 fully saturated rings. The zero-order valence-corrected chi connectivity index (χ0v) is 18.8. The molecule has 2 rings (SSSR count). The van der Waals surface area contributed by atoms with E-state index in [4.69, 9.17) is 10.8 Å². The number of nitrogens with two attached hydrogens (primary N) is 1. The molecule has 0 aliphatic rings. The van der Waals surface area contributed by atoms with Gasteiger partial charge in [-0.15, -0.1) is 0 Å². The molecule has 0 heterocycles. The third kappa shape index (κ3) is 8.95. The highest BCUT2D eigenvalue weighted by Crippen LogP contribution is 2.05. The van der Waals surface area contributed by atoms with E-state index in [1.807, 2.05) is 36.4 Å². The first-order valence-corrected chi connectivity index (χ1v) is 11.0. The lowest BCUT2D eigenvalue weighted by Gasteiger charge is -2.21. The van der Waals surface area contributed by atoms with Crippen LogP contribution in [0.25, 0.3) is 0 Å². The maximum absolute atomic E-state index is 12.7. The number of aliphatic carboxylic acids is 1. The second-order valence-electron chi connectivity index (χ2n) is 7.41. The Morgan fingerprint density at radius 3 is 1.88 bits per heavy atom. The molecule has 3 atom stereocenters. The number of amides is 3. The van der Waals surface area contributed by atoms with Crippen molar-refractivity contribution in [3.05, 3.63) is 71.8 Å². The van der Waals surface area contributed by atoms with Crippen molar-refractivity contribution in [3.8, 4) is 0 Å². The Bertz CT molecular complexity index is 942. The highest BCUT2D eigenvalue weighted by molar-refractivity contribution is 7.80. The van der Waals surface area contributed by atoms with Gasteiger partial charge in [0.2, 0.25) is 17.7 Å². The Hall–Kier alpha value is -3.37. The molecule has 0 saturated heterocycles. The fraction of sp³-hybridized carbons (Fsp3) is 0.304. The van der Waals surface area contributed by atoms with Crippen LogP contribution in [0.5, 0.6) is 0 Å². The number of carbonyl (C=O) groups is 4. The quantitative estimate of drug-likeness (QED) is 0.238. The van der Waals surface area contributed by atoms with Crippen LogP contribution >= 0.6 is 12.6 Å². The summed E-state index contributed by atoms with van der Waals surface area (Å²) in [6, 6.07) is 15.1. The summed E-state index contributed by atoms with van der Waals surface area (Å²) < 4.78 is 0. The highest BCUT2D eigenvalue weighted by Gasteiger charge is 2.26. The molecule has 0 bridgehead atoms. The van der Waals surface area contributed by atoms with Crippen LogP contribution in [-0.4, -0.2) is 59.2 Å². The summed E-state index contributed by atoms with van der Waals surface area (Å²) in [5.74, 6) is -3.12. The van der Waals surface area contributed by atoms with Gasteiger partial charge in [0.05, 0.1) is 12.6 Å². The Balaban J connectivity index is 1.96. The Kier molecular flexibility index (Phi) is 10.4. The Labute approximate surface area is 197 Å². The largest absolute Gasteiger partial charge is 0.480 e. The van der Waals surface area contributed by atoms with Crippen molar-refractivity contribution in [1.29, 1.82) is 0 Å². The zero-order valence-electron chi connectivity index (χ0n) is 17.9. The van der Waals surface area contributed by atoms with Crippen molar-refractivity contribution in [2.75, 3.05) is 12.3 Å². The van der Waals surface area contributed by atoms with E-state index in [1.54, 1.807) is 24.3 Å². The van der Waals surface area contributed by atoms with Gasteiger partial charge < -0.3 is 26.8 Å². The van der Waals surface area contributed by atoms with Crippen LogP contribution in [-0.2, 0) is 32.0 Å². The minimum Gasteiger partial charge on any atom is -0.480 e. The van der Waals surface area contributed by atoms with Gasteiger partial charge >= 0.3 is 5.97 Å².